The van der Waals surface area contributed by atoms with E-state index in [9.17, 15) is 0 Å². The van der Waals surface area contributed by atoms with Crippen molar-refractivity contribution in [2.45, 2.75) is 50.7 Å². The molecule has 5 heteroatoms. The van der Waals surface area contributed by atoms with E-state index in [-0.39, 0.29) is 0 Å². The number of aryl methyl sites for hydroxylation is 1. The Bertz CT molecular complexity index is 545. The van der Waals surface area contributed by atoms with Crippen LogP contribution in [-0.2, 0) is 15.9 Å². The van der Waals surface area contributed by atoms with E-state index < -0.39 is 0 Å². The first-order valence-electron chi connectivity index (χ1n) is 9.96. The van der Waals surface area contributed by atoms with Crippen LogP contribution >= 0.6 is 0 Å². The molecule has 26 heavy (non-hydrogen) atoms. The van der Waals surface area contributed by atoms with Gasteiger partial charge in [0.05, 0.1) is 33.5 Å². The van der Waals surface area contributed by atoms with Crippen LogP contribution < -0.4 is 9.47 Å². The first-order chi connectivity index (χ1) is 12.8. The van der Waals surface area contributed by atoms with Gasteiger partial charge in [-0.2, -0.15) is 0 Å². The number of nitrogens with zero attached hydrogens (tertiary/aromatic N) is 1. The van der Waals surface area contributed by atoms with E-state index in [1.807, 2.05) is 12.1 Å². The minimum Gasteiger partial charge on any atom is -0.497 e. The first kappa shape index (κ1) is 19.5. The van der Waals surface area contributed by atoms with Crippen LogP contribution in [0.5, 0.6) is 11.5 Å². The number of benzene rings is 1. The van der Waals surface area contributed by atoms with Gasteiger partial charge in [0.2, 0.25) is 0 Å². The third kappa shape index (κ3) is 5.12. The smallest absolute Gasteiger partial charge is 0.125 e. The van der Waals surface area contributed by atoms with Crippen LogP contribution in [0, 0.1) is 0 Å². The lowest BCUT2D eigenvalue weighted by Gasteiger charge is -2.41. The molecule has 2 atom stereocenters. The predicted molar refractivity (Wildman–Crippen MR) is 102 cm³/mol. The van der Waals surface area contributed by atoms with Crippen molar-refractivity contribution in [1.82, 2.24) is 4.90 Å². The van der Waals surface area contributed by atoms with Crippen molar-refractivity contribution in [3.8, 4) is 11.5 Å². The summed E-state index contributed by atoms with van der Waals surface area (Å²) in [6.45, 7) is 4.63. The van der Waals surface area contributed by atoms with E-state index in [1.54, 1.807) is 14.2 Å². The molecule has 1 aliphatic carbocycles. The summed E-state index contributed by atoms with van der Waals surface area (Å²) in [5.41, 5.74) is 1.21. The van der Waals surface area contributed by atoms with Gasteiger partial charge in [0.15, 0.2) is 0 Å². The van der Waals surface area contributed by atoms with E-state index in [4.69, 9.17) is 18.9 Å². The van der Waals surface area contributed by atoms with E-state index in [0.717, 1.165) is 57.3 Å². The summed E-state index contributed by atoms with van der Waals surface area (Å²) >= 11 is 0. The van der Waals surface area contributed by atoms with Gasteiger partial charge in [-0.1, -0.05) is 18.9 Å². The van der Waals surface area contributed by atoms with Crippen LogP contribution in [0.3, 0.4) is 0 Å². The zero-order chi connectivity index (χ0) is 18.2. The molecule has 1 heterocycles. The quantitative estimate of drug-likeness (QED) is 0.663. The van der Waals surface area contributed by atoms with Crippen molar-refractivity contribution >= 4 is 0 Å². The maximum absolute atomic E-state index is 6.34. The van der Waals surface area contributed by atoms with Crippen molar-refractivity contribution in [1.29, 1.82) is 0 Å². The second kappa shape index (κ2) is 10.1. The fourth-order valence-corrected chi connectivity index (χ4v) is 4.15. The molecule has 1 aromatic rings. The van der Waals surface area contributed by atoms with Gasteiger partial charge in [0.1, 0.15) is 11.5 Å². The van der Waals surface area contributed by atoms with E-state index in [0.29, 0.717) is 12.1 Å². The molecular formula is C21H33NO4. The molecule has 1 aliphatic heterocycles. The summed E-state index contributed by atoms with van der Waals surface area (Å²) in [5.74, 6) is 1.73. The summed E-state index contributed by atoms with van der Waals surface area (Å²) in [4.78, 5) is 2.58. The Morgan fingerprint density at radius 3 is 2.65 bits per heavy atom. The van der Waals surface area contributed by atoms with E-state index in [1.165, 1.54) is 31.2 Å². The Hall–Kier alpha value is -1.30. The highest BCUT2D eigenvalue weighted by molar-refractivity contribution is 5.40. The number of morpholine rings is 1. The number of hydrogen-bond donors (Lipinski definition) is 0. The standard InChI is InChI=1S/C21H33NO4/c1-23-18-10-9-17(21(16-18)24-2)6-5-13-26-20-8-4-3-7-19(20)22-11-14-25-15-12-22/h9-10,16,19-20H,3-8,11-15H2,1-2H3/t19-,20-/m1/s1. The van der Waals surface area contributed by atoms with E-state index >= 15 is 0 Å². The highest BCUT2D eigenvalue weighted by atomic mass is 16.5. The molecule has 0 N–H and O–H groups in total. The monoisotopic (exact) mass is 363 g/mol. The average molecular weight is 363 g/mol. The molecule has 0 amide bonds. The Morgan fingerprint density at radius 2 is 1.88 bits per heavy atom. The second-order valence-electron chi connectivity index (χ2n) is 7.19. The third-order valence-corrected chi connectivity index (χ3v) is 5.60. The van der Waals surface area contributed by atoms with Crippen molar-refractivity contribution in [3.05, 3.63) is 23.8 Å². The van der Waals surface area contributed by atoms with Crippen LogP contribution in [0.4, 0.5) is 0 Å². The van der Waals surface area contributed by atoms with Crippen LogP contribution in [-0.4, -0.2) is 64.2 Å². The zero-order valence-electron chi connectivity index (χ0n) is 16.2. The molecule has 1 saturated carbocycles. The van der Waals surface area contributed by atoms with Gasteiger partial charge in [-0.3, -0.25) is 4.90 Å². The lowest BCUT2D eigenvalue weighted by atomic mass is 9.91. The van der Waals surface area contributed by atoms with Gasteiger partial charge in [0, 0.05) is 31.8 Å². The molecule has 0 bridgehead atoms. The van der Waals surface area contributed by atoms with Crippen molar-refractivity contribution in [3.63, 3.8) is 0 Å². The third-order valence-electron chi connectivity index (χ3n) is 5.60. The summed E-state index contributed by atoms with van der Waals surface area (Å²) < 4.78 is 22.6. The van der Waals surface area contributed by atoms with Crippen molar-refractivity contribution in [2.75, 3.05) is 47.1 Å². The van der Waals surface area contributed by atoms with Gasteiger partial charge >= 0.3 is 0 Å². The van der Waals surface area contributed by atoms with Gasteiger partial charge in [0.25, 0.3) is 0 Å². The van der Waals surface area contributed by atoms with Gasteiger partial charge in [-0.25, -0.2) is 0 Å². The van der Waals surface area contributed by atoms with Gasteiger partial charge < -0.3 is 18.9 Å². The SMILES string of the molecule is COc1ccc(CCCO[C@@H]2CCCC[C@H]2N2CCOCC2)c(OC)c1. The minimum atomic E-state index is 0.375. The molecule has 0 spiro atoms. The van der Waals surface area contributed by atoms with Crippen LogP contribution in [0.15, 0.2) is 18.2 Å². The van der Waals surface area contributed by atoms with Crippen molar-refractivity contribution < 1.29 is 18.9 Å². The van der Waals surface area contributed by atoms with Crippen LogP contribution in [0.25, 0.3) is 0 Å². The number of methoxy groups -OCH3 is 2. The van der Waals surface area contributed by atoms with Crippen LogP contribution in [0.1, 0.15) is 37.7 Å². The lowest BCUT2D eigenvalue weighted by molar-refractivity contribution is -0.0657. The Balaban J connectivity index is 1.47. The maximum atomic E-state index is 6.34. The molecule has 2 aliphatic rings. The Morgan fingerprint density at radius 1 is 1.08 bits per heavy atom. The summed E-state index contributed by atoms with van der Waals surface area (Å²) in [5, 5.41) is 0. The number of ether oxygens (including phenoxy) is 4. The zero-order valence-corrected chi connectivity index (χ0v) is 16.2. The van der Waals surface area contributed by atoms with Crippen LogP contribution in [0.2, 0.25) is 0 Å². The summed E-state index contributed by atoms with van der Waals surface area (Å²) in [6, 6.07) is 6.61. The number of rotatable bonds is 8. The van der Waals surface area contributed by atoms with E-state index in [2.05, 4.69) is 11.0 Å². The number of hydrogen-bond acceptors (Lipinski definition) is 5. The predicted octanol–water partition coefficient (Wildman–Crippen LogP) is 3.30. The minimum absolute atomic E-state index is 0.375. The molecule has 3 rings (SSSR count). The second-order valence-corrected chi connectivity index (χ2v) is 7.19. The largest absolute Gasteiger partial charge is 0.497 e. The maximum Gasteiger partial charge on any atom is 0.125 e. The topological polar surface area (TPSA) is 40.2 Å². The summed E-state index contributed by atoms with van der Waals surface area (Å²) in [6.07, 6.45) is 7.41. The lowest BCUT2D eigenvalue weighted by Crippen LogP contribution is -2.51. The highest BCUT2D eigenvalue weighted by Crippen LogP contribution is 2.28. The molecule has 0 unspecified atom stereocenters. The molecular weight excluding hydrogens is 330 g/mol. The molecule has 2 fully saturated rings. The fourth-order valence-electron chi connectivity index (χ4n) is 4.15. The molecule has 1 aromatic carbocycles. The molecule has 0 aromatic heterocycles. The Kier molecular flexibility index (Phi) is 7.59. The van der Waals surface area contributed by atoms with Gasteiger partial charge in [-0.15, -0.1) is 0 Å². The average Bonchev–Trinajstić information content (AvgIpc) is 2.72. The molecule has 146 valence electrons. The fraction of sp³-hybridized carbons (Fsp3) is 0.714. The van der Waals surface area contributed by atoms with Gasteiger partial charge in [-0.05, 0) is 37.3 Å². The van der Waals surface area contributed by atoms with Crippen molar-refractivity contribution in [2.24, 2.45) is 0 Å². The molecule has 5 nitrogen and oxygen atoms in total. The highest BCUT2D eigenvalue weighted by Gasteiger charge is 2.31. The molecule has 1 saturated heterocycles. The summed E-state index contributed by atoms with van der Waals surface area (Å²) in [7, 11) is 3.39. The normalized spacial score (nSPS) is 24.4. The first-order valence-corrected chi connectivity index (χ1v) is 9.96. The molecule has 0 radical (unpaired) electrons. The Labute approximate surface area is 157 Å².